The van der Waals surface area contributed by atoms with E-state index in [1.54, 1.807) is 6.26 Å². The van der Waals surface area contributed by atoms with Crippen molar-refractivity contribution in [3.8, 4) is 0 Å². The van der Waals surface area contributed by atoms with Gasteiger partial charge >= 0.3 is 0 Å². The summed E-state index contributed by atoms with van der Waals surface area (Å²) in [6.07, 6.45) is 8.65. The Morgan fingerprint density at radius 2 is 2.12 bits per heavy atom. The van der Waals surface area contributed by atoms with Crippen LogP contribution in [0.1, 0.15) is 44.8 Å². The van der Waals surface area contributed by atoms with E-state index in [9.17, 15) is 0 Å². The Morgan fingerprint density at radius 3 is 2.75 bits per heavy atom. The molecule has 2 rings (SSSR count). The molecule has 3 heteroatoms. The monoisotopic (exact) mass is 285 g/mol. The Kier molecular flexibility index (Phi) is 4.09. The Balaban J connectivity index is 1.77. The van der Waals surface area contributed by atoms with E-state index in [2.05, 4.69) is 28.2 Å². The second-order valence-electron chi connectivity index (χ2n) is 5.17. The average Bonchev–Trinajstić information content (AvgIpc) is 2.65. The van der Waals surface area contributed by atoms with Crippen molar-refractivity contribution in [2.24, 2.45) is 5.41 Å². The van der Waals surface area contributed by atoms with Crippen molar-refractivity contribution in [2.75, 3.05) is 6.54 Å². The minimum Gasteiger partial charge on any atom is -0.467 e. The zero-order valence-electron chi connectivity index (χ0n) is 9.89. The Hall–Kier alpha value is -0.280. The van der Waals surface area contributed by atoms with Crippen LogP contribution in [0.4, 0.5) is 0 Å². The number of halogens is 1. The molecular formula is C13H20BrNO. The molecule has 1 heterocycles. The van der Waals surface area contributed by atoms with E-state index in [1.807, 2.05) is 6.07 Å². The second-order valence-corrected chi connectivity index (χ2v) is 6.02. The Morgan fingerprint density at radius 1 is 1.38 bits per heavy atom. The van der Waals surface area contributed by atoms with Gasteiger partial charge in [0.05, 0.1) is 17.3 Å². The van der Waals surface area contributed by atoms with Crippen molar-refractivity contribution in [3.05, 3.63) is 22.6 Å². The zero-order chi connectivity index (χ0) is 11.4. The van der Waals surface area contributed by atoms with Gasteiger partial charge in [-0.05, 0) is 40.3 Å². The van der Waals surface area contributed by atoms with Gasteiger partial charge in [-0.2, -0.15) is 0 Å². The van der Waals surface area contributed by atoms with Crippen molar-refractivity contribution in [3.63, 3.8) is 0 Å². The molecule has 0 unspecified atom stereocenters. The van der Waals surface area contributed by atoms with Crippen molar-refractivity contribution in [1.29, 1.82) is 0 Å². The van der Waals surface area contributed by atoms with Crippen LogP contribution >= 0.6 is 15.9 Å². The summed E-state index contributed by atoms with van der Waals surface area (Å²) < 4.78 is 6.44. The number of nitrogens with one attached hydrogen (secondary N) is 1. The summed E-state index contributed by atoms with van der Waals surface area (Å²) in [6.45, 7) is 4.32. The van der Waals surface area contributed by atoms with E-state index in [0.29, 0.717) is 5.41 Å². The van der Waals surface area contributed by atoms with Crippen LogP contribution in [0, 0.1) is 5.41 Å². The topological polar surface area (TPSA) is 25.2 Å². The van der Waals surface area contributed by atoms with Crippen LogP contribution in [0.25, 0.3) is 0 Å². The fourth-order valence-electron chi connectivity index (χ4n) is 2.51. The average molecular weight is 286 g/mol. The Bertz CT molecular complexity index is 328. The molecule has 1 aliphatic rings. The minimum atomic E-state index is 0.497. The summed E-state index contributed by atoms with van der Waals surface area (Å²) in [5.41, 5.74) is 0.497. The van der Waals surface area contributed by atoms with E-state index >= 15 is 0 Å². The highest BCUT2D eigenvalue weighted by atomic mass is 79.9. The smallest absolute Gasteiger partial charge is 0.131 e. The summed E-state index contributed by atoms with van der Waals surface area (Å²) in [5.74, 6) is 0.999. The van der Waals surface area contributed by atoms with Gasteiger partial charge in [-0.15, -0.1) is 0 Å². The number of hydrogen-bond acceptors (Lipinski definition) is 2. The molecule has 1 fully saturated rings. The van der Waals surface area contributed by atoms with Crippen molar-refractivity contribution < 1.29 is 4.42 Å². The number of furan rings is 1. The summed E-state index contributed by atoms with van der Waals surface area (Å²) in [4.78, 5) is 0. The lowest BCUT2D eigenvalue weighted by Crippen LogP contribution is -2.33. The summed E-state index contributed by atoms with van der Waals surface area (Å²) >= 11 is 3.47. The molecule has 1 aromatic rings. The Labute approximate surface area is 106 Å². The van der Waals surface area contributed by atoms with Crippen molar-refractivity contribution in [1.82, 2.24) is 5.32 Å². The van der Waals surface area contributed by atoms with E-state index in [0.717, 1.165) is 23.3 Å². The summed E-state index contributed by atoms with van der Waals surface area (Å²) in [7, 11) is 0. The standard InChI is InChI=1S/C13H20BrNO/c1-13(6-3-2-4-7-13)10-15-9-12-11(14)5-8-16-12/h5,8,15H,2-4,6-7,9-10H2,1H3. The normalized spacial score (nSPS) is 19.9. The van der Waals surface area contributed by atoms with Crippen LogP contribution in [0.3, 0.4) is 0 Å². The molecule has 1 saturated carbocycles. The molecule has 0 radical (unpaired) electrons. The fourth-order valence-corrected chi connectivity index (χ4v) is 2.85. The molecule has 0 spiro atoms. The highest BCUT2D eigenvalue weighted by Crippen LogP contribution is 2.35. The maximum absolute atomic E-state index is 5.38. The van der Waals surface area contributed by atoms with E-state index < -0.39 is 0 Å². The third-order valence-electron chi connectivity index (χ3n) is 3.59. The van der Waals surface area contributed by atoms with Crippen LogP contribution in [0.15, 0.2) is 21.2 Å². The largest absolute Gasteiger partial charge is 0.467 e. The molecule has 0 amide bonds. The predicted molar refractivity (Wildman–Crippen MR) is 69.3 cm³/mol. The van der Waals surface area contributed by atoms with E-state index in [1.165, 1.54) is 32.1 Å². The van der Waals surface area contributed by atoms with Crippen LogP contribution in [-0.4, -0.2) is 6.54 Å². The molecule has 1 N–H and O–H groups in total. The third-order valence-corrected chi connectivity index (χ3v) is 4.30. The van der Waals surface area contributed by atoms with E-state index in [-0.39, 0.29) is 0 Å². The molecular weight excluding hydrogens is 266 g/mol. The molecule has 0 bridgehead atoms. The molecule has 1 aliphatic carbocycles. The molecule has 2 nitrogen and oxygen atoms in total. The lowest BCUT2D eigenvalue weighted by atomic mass is 9.76. The van der Waals surface area contributed by atoms with Crippen LogP contribution < -0.4 is 5.32 Å². The second kappa shape index (κ2) is 5.37. The van der Waals surface area contributed by atoms with Gasteiger partial charge < -0.3 is 9.73 Å². The van der Waals surface area contributed by atoms with Gasteiger partial charge in [0.2, 0.25) is 0 Å². The first-order chi connectivity index (χ1) is 7.70. The molecule has 0 aliphatic heterocycles. The van der Waals surface area contributed by atoms with Crippen molar-refractivity contribution >= 4 is 15.9 Å². The van der Waals surface area contributed by atoms with Crippen molar-refractivity contribution in [2.45, 2.75) is 45.6 Å². The quantitative estimate of drug-likeness (QED) is 0.901. The lowest BCUT2D eigenvalue weighted by molar-refractivity contribution is 0.206. The first-order valence-corrected chi connectivity index (χ1v) is 6.92. The first kappa shape index (κ1) is 12.2. The number of hydrogen-bond donors (Lipinski definition) is 1. The maximum Gasteiger partial charge on any atom is 0.131 e. The molecule has 0 atom stereocenters. The van der Waals surface area contributed by atoms with Gasteiger partial charge in [-0.25, -0.2) is 0 Å². The van der Waals surface area contributed by atoms with E-state index in [4.69, 9.17) is 4.42 Å². The highest BCUT2D eigenvalue weighted by Gasteiger charge is 2.26. The van der Waals surface area contributed by atoms with Gasteiger partial charge in [0.25, 0.3) is 0 Å². The summed E-state index contributed by atoms with van der Waals surface area (Å²) in [5, 5.41) is 3.52. The molecule has 90 valence electrons. The third kappa shape index (κ3) is 3.11. The number of rotatable bonds is 4. The highest BCUT2D eigenvalue weighted by molar-refractivity contribution is 9.10. The summed E-state index contributed by atoms with van der Waals surface area (Å²) in [6, 6.07) is 1.94. The molecule has 1 aromatic heterocycles. The lowest BCUT2D eigenvalue weighted by Gasteiger charge is -2.33. The van der Waals surface area contributed by atoms with Gasteiger partial charge in [0.1, 0.15) is 5.76 Å². The molecule has 16 heavy (non-hydrogen) atoms. The van der Waals surface area contributed by atoms with Gasteiger partial charge in [0, 0.05) is 6.54 Å². The van der Waals surface area contributed by atoms with Gasteiger partial charge in [-0.1, -0.05) is 26.2 Å². The predicted octanol–water partition coefficient (Wildman–Crippen LogP) is 4.10. The first-order valence-electron chi connectivity index (χ1n) is 6.12. The van der Waals surface area contributed by atoms with Crippen LogP contribution in [0.5, 0.6) is 0 Å². The van der Waals surface area contributed by atoms with Gasteiger partial charge in [0.15, 0.2) is 0 Å². The minimum absolute atomic E-state index is 0.497. The van der Waals surface area contributed by atoms with Crippen LogP contribution in [-0.2, 0) is 6.54 Å². The fraction of sp³-hybridized carbons (Fsp3) is 0.692. The SMILES string of the molecule is CC1(CNCc2occc2Br)CCCCC1. The molecule has 0 aromatic carbocycles. The van der Waals surface area contributed by atoms with Gasteiger partial charge in [-0.3, -0.25) is 0 Å². The maximum atomic E-state index is 5.38. The molecule has 0 saturated heterocycles. The van der Waals surface area contributed by atoms with Crippen LogP contribution in [0.2, 0.25) is 0 Å². The zero-order valence-corrected chi connectivity index (χ0v) is 11.5.